The van der Waals surface area contributed by atoms with Crippen molar-refractivity contribution < 1.29 is 9.47 Å². The Morgan fingerprint density at radius 1 is 1.47 bits per heavy atom. The maximum atomic E-state index is 5.45. The Labute approximate surface area is 88.6 Å². The van der Waals surface area contributed by atoms with Crippen molar-refractivity contribution in [3.05, 3.63) is 18.1 Å². The third-order valence-corrected chi connectivity index (χ3v) is 2.33. The zero-order chi connectivity index (χ0) is 10.5. The Balaban J connectivity index is 1.82. The summed E-state index contributed by atoms with van der Waals surface area (Å²) in [6, 6.07) is 0. The van der Waals surface area contributed by atoms with Crippen molar-refractivity contribution in [1.82, 2.24) is 9.97 Å². The Bertz CT molecular complexity index is 296. The number of nitrogens with zero attached hydrogens (tertiary/aromatic N) is 2. The van der Waals surface area contributed by atoms with Crippen LogP contribution >= 0.6 is 0 Å². The first-order valence-electron chi connectivity index (χ1n) is 5.14. The highest BCUT2D eigenvalue weighted by atomic mass is 16.5. The molecule has 0 bridgehead atoms. The van der Waals surface area contributed by atoms with E-state index in [1.54, 1.807) is 12.4 Å². The van der Waals surface area contributed by atoms with Crippen molar-refractivity contribution in [2.24, 2.45) is 5.73 Å². The molecule has 0 aliphatic carbocycles. The molecule has 1 unspecified atom stereocenters. The van der Waals surface area contributed by atoms with Gasteiger partial charge in [-0.15, -0.1) is 0 Å². The predicted molar refractivity (Wildman–Crippen MR) is 54.4 cm³/mol. The molecule has 0 saturated carbocycles. The minimum Gasteiger partial charge on any atom is -0.474 e. The van der Waals surface area contributed by atoms with Crippen molar-refractivity contribution in [3.8, 4) is 5.88 Å². The highest BCUT2D eigenvalue weighted by molar-refractivity contribution is 5.06. The van der Waals surface area contributed by atoms with Gasteiger partial charge in [0.15, 0.2) is 0 Å². The summed E-state index contributed by atoms with van der Waals surface area (Å²) in [6.45, 7) is 1.79. The molecule has 15 heavy (non-hydrogen) atoms. The first-order chi connectivity index (χ1) is 7.38. The largest absolute Gasteiger partial charge is 0.474 e. The van der Waals surface area contributed by atoms with Crippen LogP contribution in [0.25, 0.3) is 0 Å². The first-order valence-corrected chi connectivity index (χ1v) is 5.14. The maximum absolute atomic E-state index is 5.45. The second-order valence-electron chi connectivity index (χ2n) is 3.50. The lowest BCUT2D eigenvalue weighted by molar-refractivity contribution is 0.0662. The molecule has 1 aromatic rings. The van der Waals surface area contributed by atoms with Gasteiger partial charge in [0.25, 0.3) is 0 Å². The zero-order valence-electron chi connectivity index (χ0n) is 8.56. The van der Waals surface area contributed by atoms with Crippen LogP contribution in [0.4, 0.5) is 0 Å². The number of rotatable bonds is 4. The molecule has 1 aliphatic rings. The van der Waals surface area contributed by atoms with Crippen LogP contribution in [0.1, 0.15) is 18.5 Å². The van der Waals surface area contributed by atoms with Crippen molar-refractivity contribution >= 4 is 0 Å². The minimum absolute atomic E-state index is 0.209. The smallest absolute Gasteiger partial charge is 0.232 e. The van der Waals surface area contributed by atoms with Crippen molar-refractivity contribution in [2.45, 2.75) is 25.5 Å². The topological polar surface area (TPSA) is 70.3 Å². The average molecular weight is 209 g/mol. The molecule has 0 spiro atoms. The van der Waals surface area contributed by atoms with Crippen LogP contribution < -0.4 is 10.5 Å². The average Bonchev–Trinajstić information content (AvgIpc) is 2.80. The summed E-state index contributed by atoms with van der Waals surface area (Å²) < 4.78 is 10.9. The molecule has 1 saturated heterocycles. The van der Waals surface area contributed by atoms with Crippen LogP contribution in [0.2, 0.25) is 0 Å². The minimum atomic E-state index is 0.209. The van der Waals surface area contributed by atoms with Gasteiger partial charge >= 0.3 is 0 Å². The predicted octanol–water partition coefficient (Wildman–Crippen LogP) is 0.493. The van der Waals surface area contributed by atoms with Gasteiger partial charge in [-0.25, -0.2) is 4.98 Å². The van der Waals surface area contributed by atoms with Crippen LogP contribution in [0.15, 0.2) is 12.4 Å². The number of hydrogen-bond donors (Lipinski definition) is 1. The van der Waals surface area contributed by atoms with Gasteiger partial charge in [0.05, 0.1) is 24.2 Å². The fourth-order valence-electron chi connectivity index (χ4n) is 1.48. The van der Waals surface area contributed by atoms with Gasteiger partial charge in [-0.2, -0.15) is 0 Å². The summed E-state index contributed by atoms with van der Waals surface area (Å²) in [7, 11) is 0. The lowest BCUT2D eigenvalue weighted by Crippen LogP contribution is -2.16. The van der Waals surface area contributed by atoms with E-state index in [2.05, 4.69) is 9.97 Å². The van der Waals surface area contributed by atoms with Crippen molar-refractivity contribution in [3.63, 3.8) is 0 Å². The molecule has 5 nitrogen and oxygen atoms in total. The third-order valence-electron chi connectivity index (χ3n) is 2.33. The maximum Gasteiger partial charge on any atom is 0.232 e. The molecule has 1 aliphatic heterocycles. The van der Waals surface area contributed by atoms with E-state index >= 15 is 0 Å². The molecular weight excluding hydrogens is 194 g/mol. The van der Waals surface area contributed by atoms with E-state index < -0.39 is 0 Å². The SMILES string of the molecule is NCc1cnc(OCC2CCCO2)cn1. The molecule has 0 aromatic carbocycles. The second-order valence-corrected chi connectivity index (χ2v) is 3.50. The van der Waals surface area contributed by atoms with E-state index in [0.717, 1.165) is 25.1 Å². The standard InChI is InChI=1S/C10H15N3O2/c11-4-8-5-13-10(6-12-8)15-7-9-2-1-3-14-9/h5-6,9H,1-4,7,11H2. The molecule has 1 atom stereocenters. The van der Waals surface area contributed by atoms with Gasteiger partial charge in [-0.1, -0.05) is 0 Å². The normalized spacial score (nSPS) is 20.5. The lowest BCUT2D eigenvalue weighted by Gasteiger charge is -2.10. The molecule has 0 amide bonds. The fourth-order valence-corrected chi connectivity index (χ4v) is 1.48. The molecular formula is C10H15N3O2. The van der Waals surface area contributed by atoms with E-state index in [1.165, 1.54) is 0 Å². The van der Waals surface area contributed by atoms with Crippen molar-refractivity contribution in [1.29, 1.82) is 0 Å². The Kier molecular flexibility index (Phi) is 3.47. The summed E-state index contributed by atoms with van der Waals surface area (Å²) in [4.78, 5) is 8.18. The third kappa shape index (κ3) is 2.87. The highest BCUT2D eigenvalue weighted by Crippen LogP contribution is 2.13. The number of ether oxygens (including phenoxy) is 2. The molecule has 2 rings (SSSR count). The van der Waals surface area contributed by atoms with E-state index in [0.29, 0.717) is 19.0 Å². The lowest BCUT2D eigenvalue weighted by atomic mass is 10.2. The first kappa shape index (κ1) is 10.3. The molecule has 1 fully saturated rings. The summed E-state index contributed by atoms with van der Waals surface area (Å²) in [5.74, 6) is 0.530. The Morgan fingerprint density at radius 2 is 2.40 bits per heavy atom. The van der Waals surface area contributed by atoms with Gasteiger partial charge in [-0.3, -0.25) is 4.98 Å². The van der Waals surface area contributed by atoms with Gasteiger partial charge in [0, 0.05) is 13.2 Å². The van der Waals surface area contributed by atoms with Crippen LogP contribution in [0.3, 0.4) is 0 Å². The van der Waals surface area contributed by atoms with Gasteiger partial charge in [0.2, 0.25) is 5.88 Å². The summed E-state index contributed by atoms with van der Waals surface area (Å²) in [5, 5.41) is 0. The molecule has 2 heterocycles. The summed E-state index contributed by atoms with van der Waals surface area (Å²) in [6.07, 6.45) is 5.61. The summed E-state index contributed by atoms with van der Waals surface area (Å²) >= 11 is 0. The Hall–Kier alpha value is -1.20. The fraction of sp³-hybridized carbons (Fsp3) is 0.600. The van der Waals surface area contributed by atoms with Gasteiger partial charge in [-0.05, 0) is 12.8 Å². The Morgan fingerprint density at radius 3 is 3.00 bits per heavy atom. The molecule has 5 heteroatoms. The van der Waals surface area contributed by atoms with Crippen LogP contribution in [-0.2, 0) is 11.3 Å². The molecule has 2 N–H and O–H groups in total. The van der Waals surface area contributed by atoms with E-state index in [4.69, 9.17) is 15.2 Å². The molecule has 0 radical (unpaired) electrons. The number of nitrogens with two attached hydrogens (primary N) is 1. The zero-order valence-corrected chi connectivity index (χ0v) is 8.56. The van der Waals surface area contributed by atoms with Gasteiger partial charge < -0.3 is 15.2 Å². The second kappa shape index (κ2) is 5.04. The highest BCUT2D eigenvalue weighted by Gasteiger charge is 2.16. The van der Waals surface area contributed by atoms with E-state index in [9.17, 15) is 0 Å². The number of hydrogen-bond acceptors (Lipinski definition) is 5. The molecule has 1 aromatic heterocycles. The van der Waals surface area contributed by atoms with E-state index in [1.807, 2.05) is 0 Å². The van der Waals surface area contributed by atoms with Gasteiger partial charge in [0.1, 0.15) is 6.61 Å². The van der Waals surface area contributed by atoms with E-state index in [-0.39, 0.29) is 6.10 Å². The van der Waals surface area contributed by atoms with Crippen LogP contribution in [-0.4, -0.2) is 29.3 Å². The summed E-state index contributed by atoms with van der Waals surface area (Å²) in [5.41, 5.74) is 6.17. The molecule has 82 valence electrons. The monoisotopic (exact) mass is 209 g/mol. The van der Waals surface area contributed by atoms with Crippen LogP contribution in [0.5, 0.6) is 5.88 Å². The number of aromatic nitrogens is 2. The van der Waals surface area contributed by atoms with Crippen molar-refractivity contribution in [2.75, 3.05) is 13.2 Å². The van der Waals surface area contributed by atoms with Crippen LogP contribution in [0, 0.1) is 0 Å². The quantitative estimate of drug-likeness (QED) is 0.781.